The summed E-state index contributed by atoms with van der Waals surface area (Å²) in [5.41, 5.74) is 1.91. The van der Waals surface area contributed by atoms with E-state index in [4.69, 9.17) is 11.6 Å². The first-order valence-electron chi connectivity index (χ1n) is 6.28. The fraction of sp³-hybridized carbons (Fsp3) is 0. The number of nitrogens with zero attached hydrogens (tertiary/aromatic N) is 1. The third kappa shape index (κ3) is 2.80. The van der Waals surface area contributed by atoms with Crippen LogP contribution >= 0.6 is 11.6 Å². The Bertz CT molecular complexity index is 833. The maximum absolute atomic E-state index is 12.1. The molecule has 0 aliphatic heterocycles. The lowest BCUT2D eigenvalue weighted by molar-refractivity contribution is 0.102. The molecule has 3 rings (SSSR count). The first-order valence-corrected chi connectivity index (χ1v) is 6.66. The number of nitrogens with one attached hydrogen (secondary N) is 1. The lowest BCUT2D eigenvalue weighted by atomic mass is 10.1. The van der Waals surface area contributed by atoms with Crippen molar-refractivity contribution in [2.24, 2.45) is 0 Å². The monoisotopic (exact) mass is 298 g/mol. The molecule has 21 heavy (non-hydrogen) atoms. The zero-order valence-electron chi connectivity index (χ0n) is 10.9. The summed E-state index contributed by atoms with van der Waals surface area (Å²) in [6.07, 6.45) is 1.72. The third-order valence-electron chi connectivity index (χ3n) is 3.07. The van der Waals surface area contributed by atoms with Gasteiger partial charge in [0.25, 0.3) is 5.91 Å². The molecule has 1 heterocycles. The second kappa shape index (κ2) is 5.42. The molecule has 0 atom stereocenters. The van der Waals surface area contributed by atoms with Crippen molar-refractivity contribution in [3.8, 4) is 5.75 Å². The molecule has 0 spiro atoms. The minimum atomic E-state index is -0.292. The first-order chi connectivity index (χ1) is 10.1. The van der Waals surface area contributed by atoms with Crippen LogP contribution in [0, 0.1) is 0 Å². The Labute approximate surface area is 126 Å². The molecule has 2 N–H and O–H groups in total. The number of halogens is 1. The first kappa shape index (κ1) is 13.4. The van der Waals surface area contributed by atoms with Crippen LogP contribution in [0.15, 0.2) is 54.7 Å². The summed E-state index contributed by atoms with van der Waals surface area (Å²) in [6.45, 7) is 0. The average Bonchev–Trinajstić information content (AvgIpc) is 2.50. The van der Waals surface area contributed by atoms with Crippen LogP contribution in [-0.4, -0.2) is 16.0 Å². The SMILES string of the molecule is O=C(Nc1ccc2ncccc2c1)c1ccc(O)c(Cl)c1. The predicted molar refractivity (Wildman–Crippen MR) is 82.8 cm³/mol. The summed E-state index contributed by atoms with van der Waals surface area (Å²) in [5.74, 6) is -0.342. The normalized spacial score (nSPS) is 10.5. The Morgan fingerprint density at radius 2 is 2.00 bits per heavy atom. The van der Waals surface area contributed by atoms with Crippen LogP contribution in [0.4, 0.5) is 5.69 Å². The van der Waals surface area contributed by atoms with Crippen molar-refractivity contribution in [1.82, 2.24) is 4.98 Å². The van der Waals surface area contributed by atoms with Gasteiger partial charge >= 0.3 is 0 Å². The Balaban J connectivity index is 1.87. The number of benzene rings is 2. The Morgan fingerprint density at radius 3 is 2.81 bits per heavy atom. The maximum Gasteiger partial charge on any atom is 0.255 e. The van der Waals surface area contributed by atoms with Gasteiger partial charge in [0.05, 0.1) is 10.5 Å². The molecule has 0 unspecified atom stereocenters. The van der Waals surface area contributed by atoms with Crippen molar-refractivity contribution in [3.63, 3.8) is 0 Å². The molecule has 0 radical (unpaired) electrons. The quantitative estimate of drug-likeness (QED) is 0.755. The molecule has 0 saturated carbocycles. The number of phenolic OH excluding ortho intramolecular Hbond substituents is 1. The third-order valence-corrected chi connectivity index (χ3v) is 3.37. The van der Waals surface area contributed by atoms with E-state index in [-0.39, 0.29) is 16.7 Å². The second-order valence-corrected chi connectivity index (χ2v) is 4.94. The van der Waals surface area contributed by atoms with Gasteiger partial charge in [0, 0.05) is 22.8 Å². The van der Waals surface area contributed by atoms with Gasteiger partial charge in [-0.3, -0.25) is 9.78 Å². The van der Waals surface area contributed by atoms with Crippen molar-refractivity contribution in [2.75, 3.05) is 5.32 Å². The van der Waals surface area contributed by atoms with Gasteiger partial charge in [-0.1, -0.05) is 17.7 Å². The minimum Gasteiger partial charge on any atom is -0.506 e. The summed E-state index contributed by atoms with van der Waals surface area (Å²) in [6, 6.07) is 13.6. The Kier molecular flexibility index (Phi) is 3.46. The number of aromatic nitrogens is 1. The number of amides is 1. The summed E-state index contributed by atoms with van der Waals surface area (Å²) in [7, 11) is 0. The highest BCUT2D eigenvalue weighted by atomic mass is 35.5. The van der Waals surface area contributed by atoms with Crippen molar-refractivity contribution in [2.45, 2.75) is 0 Å². The van der Waals surface area contributed by atoms with Gasteiger partial charge in [0.1, 0.15) is 5.75 Å². The number of carbonyl (C=O) groups excluding carboxylic acids is 1. The predicted octanol–water partition coefficient (Wildman–Crippen LogP) is 3.85. The Hall–Kier alpha value is -2.59. The smallest absolute Gasteiger partial charge is 0.255 e. The van der Waals surface area contributed by atoms with Crippen LogP contribution in [-0.2, 0) is 0 Å². The van der Waals surface area contributed by atoms with Gasteiger partial charge in [0.15, 0.2) is 0 Å². The molecule has 2 aromatic carbocycles. The van der Waals surface area contributed by atoms with Gasteiger partial charge in [-0.15, -0.1) is 0 Å². The zero-order chi connectivity index (χ0) is 14.8. The van der Waals surface area contributed by atoms with Gasteiger partial charge in [-0.2, -0.15) is 0 Å². The van der Waals surface area contributed by atoms with Crippen molar-refractivity contribution in [3.05, 3.63) is 65.3 Å². The molecule has 0 fully saturated rings. The van der Waals surface area contributed by atoms with E-state index in [1.165, 1.54) is 18.2 Å². The van der Waals surface area contributed by atoms with E-state index in [9.17, 15) is 9.90 Å². The molecular weight excluding hydrogens is 288 g/mol. The highest BCUT2D eigenvalue weighted by molar-refractivity contribution is 6.32. The number of hydrogen-bond donors (Lipinski definition) is 2. The molecular formula is C16H11ClN2O2. The van der Waals surface area contributed by atoms with E-state index < -0.39 is 0 Å². The van der Waals surface area contributed by atoms with E-state index in [1.54, 1.807) is 12.3 Å². The Morgan fingerprint density at radius 1 is 1.14 bits per heavy atom. The molecule has 1 amide bonds. The number of phenols is 1. The van der Waals surface area contributed by atoms with E-state index in [0.29, 0.717) is 11.3 Å². The molecule has 0 aliphatic rings. The standard InChI is InChI=1S/C16H11ClN2O2/c17-13-9-11(3-6-15(13)20)16(21)19-12-4-5-14-10(8-12)2-1-7-18-14/h1-9,20H,(H,19,21). The summed E-state index contributed by atoms with van der Waals surface area (Å²) in [4.78, 5) is 16.4. The number of aromatic hydroxyl groups is 1. The van der Waals surface area contributed by atoms with Crippen molar-refractivity contribution >= 4 is 34.1 Å². The lowest BCUT2D eigenvalue weighted by Crippen LogP contribution is -2.11. The van der Waals surface area contributed by atoms with E-state index in [0.717, 1.165) is 10.9 Å². The van der Waals surface area contributed by atoms with Crippen LogP contribution < -0.4 is 5.32 Å². The van der Waals surface area contributed by atoms with Crippen LogP contribution in [0.3, 0.4) is 0 Å². The number of anilines is 1. The zero-order valence-corrected chi connectivity index (χ0v) is 11.6. The molecule has 1 aromatic heterocycles. The molecule has 104 valence electrons. The van der Waals surface area contributed by atoms with E-state index >= 15 is 0 Å². The largest absolute Gasteiger partial charge is 0.506 e. The highest BCUT2D eigenvalue weighted by Crippen LogP contribution is 2.24. The maximum atomic E-state index is 12.1. The van der Waals surface area contributed by atoms with Gasteiger partial charge < -0.3 is 10.4 Å². The fourth-order valence-electron chi connectivity index (χ4n) is 2.00. The van der Waals surface area contributed by atoms with Gasteiger partial charge in [-0.05, 0) is 42.5 Å². The summed E-state index contributed by atoms with van der Waals surface area (Å²) in [5, 5.41) is 13.2. The number of pyridine rings is 1. The minimum absolute atomic E-state index is 0.0509. The number of rotatable bonds is 2. The van der Waals surface area contributed by atoms with Crippen molar-refractivity contribution in [1.29, 1.82) is 0 Å². The molecule has 5 heteroatoms. The fourth-order valence-corrected chi connectivity index (χ4v) is 2.19. The molecule has 0 bridgehead atoms. The van der Waals surface area contributed by atoms with Gasteiger partial charge in [-0.25, -0.2) is 0 Å². The topological polar surface area (TPSA) is 62.2 Å². The van der Waals surface area contributed by atoms with Crippen LogP contribution in [0.1, 0.15) is 10.4 Å². The van der Waals surface area contributed by atoms with E-state index in [1.807, 2.05) is 24.3 Å². The highest BCUT2D eigenvalue weighted by Gasteiger charge is 2.09. The van der Waals surface area contributed by atoms with Crippen molar-refractivity contribution < 1.29 is 9.90 Å². The van der Waals surface area contributed by atoms with E-state index in [2.05, 4.69) is 10.3 Å². The number of carbonyl (C=O) groups is 1. The molecule has 0 aliphatic carbocycles. The summed E-state index contributed by atoms with van der Waals surface area (Å²) < 4.78 is 0. The average molecular weight is 299 g/mol. The summed E-state index contributed by atoms with van der Waals surface area (Å²) >= 11 is 5.80. The molecule has 0 saturated heterocycles. The number of hydrogen-bond acceptors (Lipinski definition) is 3. The van der Waals surface area contributed by atoms with Crippen LogP contribution in [0.2, 0.25) is 5.02 Å². The van der Waals surface area contributed by atoms with Crippen LogP contribution in [0.5, 0.6) is 5.75 Å². The molecule has 3 aromatic rings. The lowest BCUT2D eigenvalue weighted by Gasteiger charge is -2.07. The molecule has 4 nitrogen and oxygen atoms in total. The number of fused-ring (bicyclic) bond motifs is 1. The second-order valence-electron chi connectivity index (χ2n) is 4.53. The van der Waals surface area contributed by atoms with Gasteiger partial charge in [0.2, 0.25) is 0 Å². The van der Waals surface area contributed by atoms with Crippen LogP contribution in [0.25, 0.3) is 10.9 Å².